The molecule has 1 amide bonds. The summed E-state index contributed by atoms with van der Waals surface area (Å²) >= 11 is 1.34. The van der Waals surface area contributed by atoms with E-state index in [1.807, 2.05) is 0 Å². The first kappa shape index (κ1) is 19.6. The van der Waals surface area contributed by atoms with E-state index >= 15 is 0 Å². The van der Waals surface area contributed by atoms with Crippen molar-refractivity contribution >= 4 is 22.9 Å². The summed E-state index contributed by atoms with van der Waals surface area (Å²) in [6.07, 6.45) is 0. The Bertz CT molecular complexity index is 1160. The third-order valence-electron chi connectivity index (χ3n) is 4.07. The van der Waals surface area contributed by atoms with Crippen LogP contribution in [-0.2, 0) is 4.79 Å². The van der Waals surface area contributed by atoms with Gasteiger partial charge in [0, 0.05) is 5.56 Å². The summed E-state index contributed by atoms with van der Waals surface area (Å²) in [5, 5.41) is 8.47. The number of nitrogens with zero attached hydrogens (tertiary/aromatic N) is 2. The Morgan fingerprint density at radius 3 is 2.73 bits per heavy atom. The topological polar surface area (TPSA) is 86.5 Å². The van der Waals surface area contributed by atoms with Gasteiger partial charge in [-0.15, -0.1) is 11.3 Å². The number of benzene rings is 2. The third kappa shape index (κ3) is 4.47. The molecule has 152 valence electrons. The number of amides is 1. The molecule has 0 spiro atoms. The Morgan fingerprint density at radius 1 is 1.17 bits per heavy atom. The zero-order valence-corrected chi connectivity index (χ0v) is 16.6. The predicted octanol–water partition coefficient (Wildman–Crippen LogP) is 4.63. The van der Waals surface area contributed by atoms with Crippen LogP contribution in [0.25, 0.3) is 22.2 Å². The first-order valence-electron chi connectivity index (χ1n) is 8.86. The Hall–Kier alpha value is -3.72. The monoisotopic (exact) mass is 425 g/mol. The van der Waals surface area contributed by atoms with Crippen LogP contribution >= 0.6 is 11.3 Å². The van der Waals surface area contributed by atoms with Gasteiger partial charge in [-0.2, -0.15) is 4.98 Å². The van der Waals surface area contributed by atoms with Crippen molar-refractivity contribution in [2.24, 2.45) is 0 Å². The molecule has 0 aliphatic rings. The van der Waals surface area contributed by atoms with Crippen molar-refractivity contribution in [1.82, 2.24) is 10.1 Å². The van der Waals surface area contributed by atoms with E-state index in [2.05, 4.69) is 15.5 Å². The number of halogens is 1. The highest BCUT2D eigenvalue weighted by Gasteiger charge is 2.17. The van der Waals surface area contributed by atoms with Crippen LogP contribution in [0.1, 0.15) is 0 Å². The molecular weight excluding hydrogens is 409 g/mol. The van der Waals surface area contributed by atoms with E-state index in [4.69, 9.17) is 14.0 Å². The highest BCUT2D eigenvalue weighted by Crippen LogP contribution is 2.33. The number of carbonyl (C=O) groups is 1. The van der Waals surface area contributed by atoms with Gasteiger partial charge < -0.3 is 19.3 Å². The molecule has 7 nitrogen and oxygen atoms in total. The Labute approximate surface area is 175 Å². The molecule has 0 fully saturated rings. The molecule has 2 heterocycles. The van der Waals surface area contributed by atoms with Crippen molar-refractivity contribution in [3.8, 4) is 33.7 Å². The lowest BCUT2D eigenvalue weighted by Gasteiger charge is -2.08. The molecule has 0 radical (unpaired) electrons. The van der Waals surface area contributed by atoms with Crippen LogP contribution in [0, 0.1) is 5.82 Å². The fourth-order valence-electron chi connectivity index (χ4n) is 2.64. The molecule has 0 bridgehead atoms. The molecule has 9 heteroatoms. The van der Waals surface area contributed by atoms with Crippen molar-refractivity contribution in [2.75, 3.05) is 19.0 Å². The largest absolute Gasteiger partial charge is 0.497 e. The van der Waals surface area contributed by atoms with Crippen LogP contribution in [0.3, 0.4) is 0 Å². The summed E-state index contributed by atoms with van der Waals surface area (Å²) in [7, 11) is 1.58. The number of anilines is 1. The van der Waals surface area contributed by atoms with Crippen molar-refractivity contribution in [3.05, 3.63) is 65.8 Å². The number of hydrogen-bond acceptors (Lipinski definition) is 7. The molecule has 4 rings (SSSR count). The minimum atomic E-state index is -0.389. The van der Waals surface area contributed by atoms with Gasteiger partial charge in [-0.3, -0.25) is 4.79 Å². The Kier molecular flexibility index (Phi) is 5.71. The van der Waals surface area contributed by atoms with Gasteiger partial charge in [0.15, 0.2) is 6.61 Å². The number of carbonyl (C=O) groups excluding carboxylic acids is 1. The lowest BCUT2D eigenvalue weighted by Crippen LogP contribution is -2.20. The molecule has 4 aromatic rings. The summed E-state index contributed by atoms with van der Waals surface area (Å²) in [5.74, 6) is 1.02. The average Bonchev–Trinajstić information content (AvgIpc) is 3.42. The van der Waals surface area contributed by atoms with Gasteiger partial charge in [-0.25, -0.2) is 4.39 Å². The fourth-order valence-corrected chi connectivity index (χ4v) is 3.41. The summed E-state index contributed by atoms with van der Waals surface area (Å²) in [4.78, 5) is 17.2. The molecule has 0 unspecified atom stereocenters. The first-order chi connectivity index (χ1) is 14.6. The number of rotatable bonds is 7. The van der Waals surface area contributed by atoms with Gasteiger partial charge in [0.05, 0.1) is 12.8 Å². The molecule has 2 aromatic heterocycles. The van der Waals surface area contributed by atoms with E-state index in [1.54, 1.807) is 55.0 Å². The number of thiophene rings is 1. The van der Waals surface area contributed by atoms with Crippen LogP contribution in [-0.4, -0.2) is 29.8 Å². The molecule has 0 atom stereocenters. The Morgan fingerprint density at radius 2 is 1.97 bits per heavy atom. The van der Waals surface area contributed by atoms with Crippen LogP contribution in [0.15, 0.2) is 64.5 Å². The quantitative estimate of drug-likeness (QED) is 0.465. The molecule has 0 saturated carbocycles. The van der Waals surface area contributed by atoms with Crippen LogP contribution < -0.4 is 14.8 Å². The average molecular weight is 425 g/mol. The van der Waals surface area contributed by atoms with Crippen LogP contribution in [0.5, 0.6) is 11.5 Å². The number of aromatic nitrogens is 2. The van der Waals surface area contributed by atoms with Crippen molar-refractivity contribution in [2.45, 2.75) is 0 Å². The third-order valence-corrected chi connectivity index (χ3v) is 4.97. The fraction of sp³-hybridized carbons (Fsp3) is 0.0952. The molecule has 1 N–H and O–H groups in total. The van der Waals surface area contributed by atoms with Crippen LogP contribution in [0.4, 0.5) is 10.1 Å². The minimum absolute atomic E-state index is 0.167. The Balaban J connectivity index is 1.42. The molecule has 0 aliphatic carbocycles. The lowest BCUT2D eigenvalue weighted by molar-refractivity contribution is -0.118. The van der Waals surface area contributed by atoms with E-state index in [0.717, 1.165) is 0 Å². The maximum Gasteiger partial charge on any atom is 0.270 e. The van der Waals surface area contributed by atoms with E-state index in [9.17, 15) is 9.18 Å². The number of ether oxygens (including phenoxy) is 2. The molecule has 2 aromatic carbocycles. The summed E-state index contributed by atoms with van der Waals surface area (Å²) < 4.78 is 29.3. The van der Waals surface area contributed by atoms with Gasteiger partial charge in [-0.1, -0.05) is 17.3 Å². The van der Waals surface area contributed by atoms with Gasteiger partial charge in [0.2, 0.25) is 5.82 Å². The second-order valence-corrected chi connectivity index (χ2v) is 7.03. The molecule has 0 saturated heterocycles. The summed E-state index contributed by atoms with van der Waals surface area (Å²) in [6, 6.07) is 14.6. The standard InChI is InChI=1S/C21H16FN3O4S/c1-27-15-5-7-16(8-6-15)28-12-18(26)23-17-9-10-30-19(17)21-24-20(25-29-21)13-3-2-4-14(22)11-13/h2-11H,12H2,1H3,(H,23,26). The van der Waals surface area contributed by atoms with Crippen molar-refractivity contribution in [1.29, 1.82) is 0 Å². The van der Waals surface area contributed by atoms with E-state index in [-0.39, 0.29) is 30.0 Å². The zero-order valence-electron chi connectivity index (χ0n) is 15.8. The second kappa shape index (κ2) is 8.75. The van der Waals surface area contributed by atoms with Gasteiger partial charge in [-0.05, 0) is 47.8 Å². The number of methoxy groups -OCH3 is 1. The van der Waals surface area contributed by atoms with Gasteiger partial charge in [0.25, 0.3) is 11.8 Å². The predicted molar refractivity (Wildman–Crippen MR) is 110 cm³/mol. The smallest absolute Gasteiger partial charge is 0.270 e. The maximum atomic E-state index is 13.4. The first-order valence-corrected chi connectivity index (χ1v) is 9.74. The maximum absolute atomic E-state index is 13.4. The lowest BCUT2D eigenvalue weighted by atomic mass is 10.2. The summed E-state index contributed by atoms with van der Waals surface area (Å²) in [5.41, 5.74) is 1.03. The van der Waals surface area contributed by atoms with E-state index in [0.29, 0.717) is 27.6 Å². The highest BCUT2D eigenvalue weighted by molar-refractivity contribution is 7.14. The van der Waals surface area contributed by atoms with Crippen molar-refractivity contribution in [3.63, 3.8) is 0 Å². The van der Waals surface area contributed by atoms with E-state index < -0.39 is 0 Å². The number of nitrogens with one attached hydrogen (secondary N) is 1. The summed E-state index contributed by atoms with van der Waals surface area (Å²) in [6.45, 7) is -0.167. The van der Waals surface area contributed by atoms with Crippen LogP contribution in [0.2, 0.25) is 0 Å². The number of hydrogen-bond donors (Lipinski definition) is 1. The SMILES string of the molecule is COc1ccc(OCC(=O)Nc2ccsc2-c2nc(-c3cccc(F)c3)no2)cc1. The van der Waals surface area contributed by atoms with Gasteiger partial charge >= 0.3 is 0 Å². The molecular formula is C21H16FN3O4S. The zero-order chi connectivity index (χ0) is 20.9. The van der Waals surface area contributed by atoms with Gasteiger partial charge in [0.1, 0.15) is 22.2 Å². The minimum Gasteiger partial charge on any atom is -0.497 e. The normalized spacial score (nSPS) is 10.6. The van der Waals surface area contributed by atoms with E-state index in [1.165, 1.54) is 23.5 Å². The highest BCUT2D eigenvalue weighted by atomic mass is 32.1. The van der Waals surface area contributed by atoms with Crippen molar-refractivity contribution < 1.29 is 23.2 Å². The second-order valence-electron chi connectivity index (χ2n) is 6.11. The molecule has 30 heavy (non-hydrogen) atoms. The molecule has 0 aliphatic heterocycles.